The summed E-state index contributed by atoms with van der Waals surface area (Å²) in [5, 5.41) is 14.2. The molecule has 3 rings (SSSR count). The number of hydrogen-bond acceptors (Lipinski definition) is 6. The molecule has 0 spiro atoms. The van der Waals surface area contributed by atoms with Gasteiger partial charge in [-0.3, -0.25) is 19.9 Å². The fourth-order valence-electron chi connectivity index (χ4n) is 2.62. The number of piperidine rings is 1. The topological polar surface area (TPSA) is 101 Å². The summed E-state index contributed by atoms with van der Waals surface area (Å²) >= 11 is 5.76. The number of rotatable bonds is 4. The molecular weight excluding hydrogens is 334 g/mol. The van der Waals surface area contributed by atoms with Gasteiger partial charge in [-0.15, -0.1) is 0 Å². The number of amides is 1. The van der Waals surface area contributed by atoms with E-state index >= 15 is 0 Å². The van der Waals surface area contributed by atoms with Crippen molar-refractivity contribution in [2.24, 2.45) is 0 Å². The van der Waals surface area contributed by atoms with Crippen LogP contribution in [0.25, 0.3) is 0 Å². The van der Waals surface area contributed by atoms with Crippen LogP contribution < -0.4 is 10.2 Å². The Hall–Kier alpha value is -2.74. The Morgan fingerprint density at radius 3 is 2.96 bits per heavy atom. The number of pyridine rings is 2. The molecule has 1 N–H and O–H groups in total. The van der Waals surface area contributed by atoms with Gasteiger partial charge >= 0.3 is 5.69 Å². The SMILES string of the molecule is O=C1[C@H](Nc2ncc(Cl)cc2[N+](=O)[O-])CCCN1c1cccnc1. The van der Waals surface area contributed by atoms with Gasteiger partial charge in [0.2, 0.25) is 11.7 Å². The number of nitrogens with zero attached hydrogens (tertiary/aromatic N) is 4. The Kier molecular flexibility index (Phi) is 4.57. The summed E-state index contributed by atoms with van der Waals surface area (Å²) in [5.41, 5.74) is 0.446. The fourth-order valence-corrected chi connectivity index (χ4v) is 2.78. The van der Waals surface area contributed by atoms with Crippen molar-refractivity contribution in [2.75, 3.05) is 16.8 Å². The van der Waals surface area contributed by atoms with E-state index in [4.69, 9.17) is 11.6 Å². The second kappa shape index (κ2) is 6.79. The number of aromatic nitrogens is 2. The number of carbonyl (C=O) groups is 1. The zero-order chi connectivity index (χ0) is 17.1. The van der Waals surface area contributed by atoms with Crippen LogP contribution in [0.4, 0.5) is 17.2 Å². The maximum atomic E-state index is 12.7. The molecule has 1 aliphatic rings. The van der Waals surface area contributed by atoms with Gasteiger partial charge in [0.1, 0.15) is 6.04 Å². The van der Waals surface area contributed by atoms with Gasteiger partial charge in [-0.25, -0.2) is 4.98 Å². The minimum Gasteiger partial charge on any atom is -0.353 e. The lowest BCUT2D eigenvalue weighted by atomic mass is 10.0. The molecule has 0 aromatic carbocycles. The van der Waals surface area contributed by atoms with E-state index < -0.39 is 11.0 Å². The first kappa shape index (κ1) is 16.1. The van der Waals surface area contributed by atoms with Gasteiger partial charge in [-0.2, -0.15) is 0 Å². The van der Waals surface area contributed by atoms with Gasteiger partial charge < -0.3 is 10.2 Å². The molecule has 0 aliphatic carbocycles. The van der Waals surface area contributed by atoms with Crippen molar-refractivity contribution in [1.29, 1.82) is 0 Å². The summed E-state index contributed by atoms with van der Waals surface area (Å²) in [7, 11) is 0. The first-order chi connectivity index (χ1) is 11.6. The molecule has 1 saturated heterocycles. The maximum Gasteiger partial charge on any atom is 0.312 e. The second-order valence-corrected chi connectivity index (χ2v) is 5.76. The third-order valence-electron chi connectivity index (χ3n) is 3.74. The highest BCUT2D eigenvalue weighted by molar-refractivity contribution is 6.30. The third-order valence-corrected chi connectivity index (χ3v) is 3.94. The molecule has 0 bridgehead atoms. The summed E-state index contributed by atoms with van der Waals surface area (Å²) in [6.45, 7) is 0.582. The highest BCUT2D eigenvalue weighted by Gasteiger charge is 2.31. The summed E-state index contributed by atoms with van der Waals surface area (Å²) in [6.07, 6.45) is 5.89. The standard InChI is InChI=1S/C15H14ClN5O3/c16-10-7-13(21(23)24)14(18-8-10)19-12-4-2-6-20(15(12)22)11-3-1-5-17-9-11/h1,3,5,7-9,12H,2,4,6H2,(H,18,19)/t12-/m1/s1. The van der Waals surface area contributed by atoms with Crippen LogP contribution in [0.1, 0.15) is 12.8 Å². The minimum absolute atomic E-state index is 0.0378. The van der Waals surface area contributed by atoms with Crippen LogP contribution in [0.5, 0.6) is 0 Å². The molecule has 3 heterocycles. The van der Waals surface area contributed by atoms with Crippen molar-refractivity contribution < 1.29 is 9.72 Å². The smallest absolute Gasteiger partial charge is 0.312 e. The lowest BCUT2D eigenvalue weighted by Crippen LogP contribution is -2.48. The number of nitro groups is 1. The average molecular weight is 348 g/mol. The minimum atomic E-state index is -0.591. The molecule has 1 aliphatic heterocycles. The van der Waals surface area contributed by atoms with Gasteiger partial charge in [-0.1, -0.05) is 11.6 Å². The highest BCUT2D eigenvalue weighted by Crippen LogP contribution is 2.28. The quantitative estimate of drug-likeness (QED) is 0.674. The van der Waals surface area contributed by atoms with Gasteiger partial charge in [0.15, 0.2) is 0 Å². The number of hydrogen-bond donors (Lipinski definition) is 1. The average Bonchev–Trinajstić information content (AvgIpc) is 2.59. The molecule has 24 heavy (non-hydrogen) atoms. The van der Waals surface area contributed by atoms with E-state index in [9.17, 15) is 14.9 Å². The zero-order valence-electron chi connectivity index (χ0n) is 12.6. The number of carbonyl (C=O) groups excluding carboxylic acids is 1. The summed E-state index contributed by atoms with van der Waals surface area (Å²) < 4.78 is 0. The molecule has 1 atom stereocenters. The Balaban J connectivity index is 1.83. The molecule has 124 valence electrons. The fraction of sp³-hybridized carbons (Fsp3) is 0.267. The zero-order valence-corrected chi connectivity index (χ0v) is 13.3. The van der Waals surface area contributed by atoms with Gasteiger partial charge in [0.25, 0.3) is 0 Å². The lowest BCUT2D eigenvalue weighted by molar-refractivity contribution is -0.384. The molecule has 0 radical (unpaired) electrons. The van der Waals surface area contributed by atoms with Gasteiger partial charge in [0, 0.05) is 25.0 Å². The Bertz CT molecular complexity index is 771. The number of halogens is 1. The monoisotopic (exact) mass is 347 g/mol. The van der Waals surface area contributed by atoms with Crippen LogP contribution in [-0.4, -0.2) is 33.4 Å². The summed E-state index contributed by atoms with van der Waals surface area (Å²) in [6, 6.07) is 4.18. The molecule has 2 aromatic rings. The Morgan fingerprint density at radius 1 is 1.42 bits per heavy atom. The van der Waals surface area contributed by atoms with E-state index in [-0.39, 0.29) is 22.4 Å². The van der Waals surface area contributed by atoms with Crippen LogP contribution in [0.15, 0.2) is 36.8 Å². The van der Waals surface area contributed by atoms with Crippen LogP contribution in [0.3, 0.4) is 0 Å². The van der Waals surface area contributed by atoms with Crippen molar-refractivity contribution in [1.82, 2.24) is 9.97 Å². The number of nitrogens with one attached hydrogen (secondary N) is 1. The summed E-state index contributed by atoms with van der Waals surface area (Å²) in [5.74, 6) is -0.129. The van der Waals surface area contributed by atoms with Crippen molar-refractivity contribution in [3.8, 4) is 0 Å². The molecule has 8 nitrogen and oxygen atoms in total. The Labute approximate surface area is 142 Å². The molecular formula is C15H14ClN5O3. The Morgan fingerprint density at radius 2 is 2.25 bits per heavy atom. The summed E-state index contributed by atoms with van der Waals surface area (Å²) in [4.78, 5) is 32.9. The predicted molar refractivity (Wildman–Crippen MR) is 89.1 cm³/mol. The van der Waals surface area contributed by atoms with E-state index in [0.29, 0.717) is 18.7 Å². The molecule has 0 saturated carbocycles. The van der Waals surface area contributed by atoms with Crippen molar-refractivity contribution in [3.63, 3.8) is 0 Å². The van der Waals surface area contributed by atoms with Crippen LogP contribution in [0.2, 0.25) is 5.02 Å². The predicted octanol–water partition coefficient (Wildman–Crippen LogP) is 2.65. The van der Waals surface area contributed by atoms with E-state index in [2.05, 4.69) is 15.3 Å². The maximum absolute atomic E-state index is 12.7. The largest absolute Gasteiger partial charge is 0.353 e. The van der Waals surface area contributed by atoms with Gasteiger partial charge in [-0.05, 0) is 25.0 Å². The first-order valence-corrected chi connectivity index (χ1v) is 7.72. The number of anilines is 2. The molecule has 1 amide bonds. The third kappa shape index (κ3) is 3.28. The van der Waals surface area contributed by atoms with E-state index in [1.165, 1.54) is 12.3 Å². The highest BCUT2D eigenvalue weighted by atomic mass is 35.5. The van der Waals surface area contributed by atoms with Crippen LogP contribution in [-0.2, 0) is 4.79 Å². The van der Waals surface area contributed by atoms with Crippen LogP contribution >= 0.6 is 11.6 Å². The molecule has 1 fully saturated rings. The van der Waals surface area contributed by atoms with E-state index in [0.717, 1.165) is 6.42 Å². The van der Waals surface area contributed by atoms with Crippen molar-refractivity contribution >= 4 is 34.7 Å². The molecule has 0 unspecified atom stereocenters. The molecule has 2 aromatic heterocycles. The van der Waals surface area contributed by atoms with Crippen LogP contribution in [0, 0.1) is 10.1 Å². The first-order valence-electron chi connectivity index (χ1n) is 7.34. The normalized spacial score (nSPS) is 17.6. The van der Waals surface area contributed by atoms with E-state index in [1.54, 1.807) is 29.4 Å². The molecule has 9 heteroatoms. The second-order valence-electron chi connectivity index (χ2n) is 5.32. The van der Waals surface area contributed by atoms with E-state index in [1.807, 2.05) is 0 Å². The van der Waals surface area contributed by atoms with Crippen molar-refractivity contribution in [2.45, 2.75) is 18.9 Å². The lowest BCUT2D eigenvalue weighted by Gasteiger charge is -2.32. The van der Waals surface area contributed by atoms with Gasteiger partial charge in [0.05, 0.1) is 21.8 Å². The van der Waals surface area contributed by atoms with Crippen molar-refractivity contribution in [3.05, 3.63) is 51.9 Å².